The zero-order valence-electron chi connectivity index (χ0n) is 5.25. The fraction of sp³-hybridized carbons (Fsp3) is 0.333. The summed E-state index contributed by atoms with van der Waals surface area (Å²) in [5.41, 5.74) is -2.00. The van der Waals surface area contributed by atoms with Crippen molar-refractivity contribution in [1.82, 2.24) is 0 Å². The van der Waals surface area contributed by atoms with Gasteiger partial charge in [0.25, 0.3) is 5.41 Å². The van der Waals surface area contributed by atoms with E-state index in [9.17, 15) is 19.2 Å². The van der Waals surface area contributed by atoms with Crippen LogP contribution in [0.5, 0.6) is 0 Å². The first-order valence-electron chi connectivity index (χ1n) is 2.93. The van der Waals surface area contributed by atoms with Crippen LogP contribution in [0, 0.1) is 5.41 Å². The van der Waals surface area contributed by atoms with Gasteiger partial charge in [-0.25, -0.2) is 9.59 Å². The second kappa shape index (κ2) is 1.39. The van der Waals surface area contributed by atoms with E-state index in [0.29, 0.717) is 0 Å². The first kappa shape index (κ1) is 6.21. The molecule has 2 fully saturated rings. The molecule has 5 nitrogen and oxygen atoms in total. The SMILES string of the molecule is O=C1CC(=O)C12C(=O)OC2=O. The second-order valence-electron chi connectivity index (χ2n) is 2.45. The van der Waals surface area contributed by atoms with Gasteiger partial charge in [-0.1, -0.05) is 0 Å². The summed E-state index contributed by atoms with van der Waals surface area (Å²) in [5.74, 6) is -3.29. The molecular formula is C6H2O5. The van der Waals surface area contributed by atoms with Crippen LogP contribution in [0.2, 0.25) is 0 Å². The molecule has 1 heterocycles. The molecule has 2 rings (SSSR count). The Balaban J connectivity index is 2.49. The molecule has 0 atom stereocenters. The first-order valence-corrected chi connectivity index (χ1v) is 2.93. The average molecular weight is 154 g/mol. The molecule has 1 aliphatic heterocycles. The van der Waals surface area contributed by atoms with Crippen molar-refractivity contribution in [1.29, 1.82) is 0 Å². The molecule has 0 unspecified atom stereocenters. The minimum Gasteiger partial charge on any atom is -0.390 e. The molecule has 1 spiro atoms. The Morgan fingerprint density at radius 3 is 1.64 bits per heavy atom. The number of esters is 2. The Morgan fingerprint density at radius 1 is 1.00 bits per heavy atom. The number of ether oxygens (including phenoxy) is 1. The van der Waals surface area contributed by atoms with Crippen LogP contribution in [-0.2, 0) is 23.9 Å². The molecule has 0 N–H and O–H groups in total. The molecule has 5 heteroatoms. The van der Waals surface area contributed by atoms with Crippen molar-refractivity contribution in [2.45, 2.75) is 6.42 Å². The van der Waals surface area contributed by atoms with Gasteiger partial charge in [-0.05, 0) is 0 Å². The maximum atomic E-state index is 10.7. The third kappa shape index (κ3) is 0.383. The average Bonchev–Trinajstić information content (AvgIpc) is 1.86. The summed E-state index contributed by atoms with van der Waals surface area (Å²) in [5, 5.41) is 0. The molecule has 2 aliphatic rings. The predicted molar refractivity (Wildman–Crippen MR) is 28.2 cm³/mol. The van der Waals surface area contributed by atoms with Gasteiger partial charge >= 0.3 is 11.9 Å². The molecule has 11 heavy (non-hydrogen) atoms. The van der Waals surface area contributed by atoms with Gasteiger partial charge in [0.15, 0.2) is 11.6 Å². The van der Waals surface area contributed by atoms with Crippen LogP contribution in [0.25, 0.3) is 0 Å². The van der Waals surface area contributed by atoms with E-state index in [-0.39, 0.29) is 6.42 Å². The number of ketones is 2. The number of Topliss-reactive ketones (excluding diaryl/α,β-unsaturated/α-hetero) is 2. The summed E-state index contributed by atoms with van der Waals surface area (Å²) in [6, 6.07) is 0. The lowest BCUT2D eigenvalue weighted by Gasteiger charge is -2.38. The van der Waals surface area contributed by atoms with Gasteiger partial charge in [-0.2, -0.15) is 0 Å². The molecular weight excluding hydrogens is 152 g/mol. The smallest absolute Gasteiger partial charge is 0.346 e. The molecule has 0 aromatic carbocycles. The Kier molecular flexibility index (Phi) is 0.784. The number of rotatable bonds is 0. The first-order chi connectivity index (χ1) is 5.10. The van der Waals surface area contributed by atoms with E-state index < -0.39 is 28.9 Å². The van der Waals surface area contributed by atoms with Crippen LogP contribution in [0.3, 0.4) is 0 Å². The van der Waals surface area contributed by atoms with Gasteiger partial charge < -0.3 is 4.74 Å². The van der Waals surface area contributed by atoms with E-state index in [2.05, 4.69) is 4.74 Å². The van der Waals surface area contributed by atoms with E-state index >= 15 is 0 Å². The molecule has 1 aliphatic carbocycles. The summed E-state index contributed by atoms with van der Waals surface area (Å²) in [6.07, 6.45) is -0.319. The summed E-state index contributed by atoms with van der Waals surface area (Å²) in [4.78, 5) is 42.6. The highest BCUT2D eigenvalue weighted by Gasteiger charge is 2.75. The van der Waals surface area contributed by atoms with Crippen LogP contribution in [0.15, 0.2) is 0 Å². The zero-order chi connectivity index (χ0) is 8.22. The molecule has 56 valence electrons. The van der Waals surface area contributed by atoms with Crippen molar-refractivity contribution in [2.24, 2.45) is 5.41 Å². The Morgan fingerprint density at radius 2 is 1.45 bits per heavy atom. The maximum absolute atomic E-state index is 10.7. The third-order valence-corrected chi connectivity index (χ3v) is 1.96. The summed E-state index contributed by atoms with van der Waals surface area (Å²) < 4.78 is 3.92. The summed E-state index contributed by atoms with van der Waals surface area (Å²) in [6.45, 7) is 0. The zero-order valence-corrected chi connectivity index (χ0v) is 5.25. The molecule has 1 saturated carbocycles. The fourth-order valence-electron chi connectivity index (χ4n) is 1.19. The van der Waals surface area contributed by atoms with Crippen molar-refractivity contribution < 1.29 is 23.9 Å². The van der Waals surface area contributed by atoms with E-state index in [1.807, 2.05) is 0 Å². The van der Waals surface area contributed by atoms with Gasteiger partial charge in [0.05, 0.1) is 6.42 Å². The van der Waals surface area contributed by atoms with Crippen LogP contribution >= 0.6 is 0 Å². The van der Waals surface area contributed by atoms with E-state index in [4.69, 9.17) is 0 Å². The molecule has 0 aromatic rings. The van der Waals surface area contributed by atoms with Crippen LogP contribution < -0.4 is 0 Å². The number of hydrogen-bond acceptors (Lipinski definition) is 5. The summed E-state index contributed by atoms with van der Waals surface area (Å²) >= 11 is 0. The topological polar surface area (TPSA) is 77.5 Å². The Labute approximate surface area is 60.3 Å². The van der Waals surface area contributed by atoms with Crippen molar-refractivity contribution in [2.75, 3.05) is 0 Å². The highest BCUT2D eigenvalue weighted by Crippen LogP contribution is 2.42. The quantitative estimate of drug-likeness (QED) is 0.316. The van der Waals surface area contributed by atoms with Crippen LogP contribution in [0.4, 0.5) is 0 Å². The van der Waals surface area contributed by atoms with Crippen LogP contribution in [-0.4, -0.2) is 23.5 Å². The predicted octanol–water partition coefficient (Wildman–Crippen LogP) is -1.40. The van der Waals surface area contributed by atoms with Crippen molar-refractivity contribution in [3.05, 3.63) is 0 Å². The van der Waals surface area contributed by atoms with Gasteiger partial charge in [0, 0.05) is 0 Å². The number of carbonyl (C=O) groups is 4. The lowest BCUT2D eigenvalue weighted by atomic mass is 9.63. The standard InChI is InChI=1S/C6H2O5/c7-2-1-3(8)6(2)4(9)11-5(6)10/h1H2. The van der Waals surface area contributed by atoms with E-state index in [1.54, 1.807) is 0 Å². The lowest BCUT2D eigenvalue weighted by Crippen LogP contribution is -2.69. The third-order valence-electron chi connectivity index (χ3n) is 1.96. The number of carbonyl (C=O) groups excluding carboxylic acids is 4. The Hall–Kier alpha value is -1.52. The van der Waals surface area contributed by atoms with Gasteiger partial charge in [0.2, 0.25) is 0 Å². The summed E-state index contributed by atoms with van der Waals surface area (Å²) in [7, 11) is 0. The largest absolute Gasteiger partial charge is 0.390 e. The Bertz CT molecular complexity index is 249. The highest BCUT2D eigenvalue weighted by molar-refractivity contribution is 6.51. The van der Waals surface area contributed by atoms with Gasteiger partial charge in [0.1, 0.15) is 0 Å². The van der Waals surface area contributed by atoms with Crippen molar-refractivity contribution >= 4 is 23.5 Å². The van der Waals surface area contributed by atoms with E-state index in [0.717, 1.165) is 0 Å². The van der Waals surface area contributed by atoms with Crippen molar-refractivity contribution in [3.8, 4) is 0 Å². The van der Waals surface area contributed by atoms with Gasteiger partial charge in [-0.15, -0.1) is 0 Å². The molecule has 0 bridgehead atoms. The minimum absolute atomic E-state index is 0.319. The lowest BCUT2D eigenvalue weighted by molar-refractivity contribution is -0.201. The fourth-order valence-corrected chi connectivity index (χ4v) is 1.19. The van der Waals surface area contributed by atoms with Crippen LogP contribution in [0.1, 0.15) is 6.42 Å². The molecule has 0 aromatic heterocycles. The molecule has 1 saturated heterocycles. The maximum Gasteiger partial charge on any atom is 0.346 e. The highest BCUT2D eigenvalue weighted by atomic mass is 16.6. The number of hydrogen-bond donors (Lipinski definition) is 0. The molecule has 0 amide bonds. The molecule has 0 radical (unpaired) electrons. The van der Waals surface area contributed by atoms with Crippen molar-refractivity contribution in [3.63, 3.8) is 0 Å². The second-order valence-corrected chi connectivity index (χ2v) is 2.45. The van der Waals surface area contributed by atoms with Gasteiger partial charge in [-0.3, -0.25) is 9.59 Å². The monoisotopic (exact) mass is 154 g/mol. The normalized spacial score (nSPS) is 26.2. The minimum atomic E-state index is -2.00. The number of cyclic esters (lactones) is 2. The van der Waals surface area contributed by atoms with E-state index in [1.165, 1.54) is 0 Å².